The lowest BCUT2D eigenvalue weighted by molar-refractivity contribution is 0.0752. The summed E-state index contributed by atoms with van der Waals surface area (Å²) in [6.07, 6.45) is 0. The molecular weight excluding hydrogens is 683 g/mol. The van der Waals surface area contributed by atoms with Crippen molar-refractivity contribution in [3.8, 4) is 11.5 Å². The summed E-state index contributed by atoms with van der Waals surface area (Å²) in [6, 6.07) is 11.8. The molecule has 0 saturated heterocycles. The van der Waals surface area contributed by atoms with E-state index >= 15 is 0 Å². The highest BCUT2D eigenvalue weighted by atomic mass is 32.2. The van der Waals surface area contributed by atoms with E-state index in [1.807, 2.05) is 0 Å². The molecule has 0 atom stereocenters. The van der Waals surface area contributed by atoms with Crippen molar-refractivity contribution in [2.75, 3.05) is 62.7 Å². The molecule has 0 aliphatic rings. The predicted molar refractivity (Wildman–Crippen MR) is 178 cm³/mol. The second-order valence-electron chi connectivity index (χ2n) is 10.4. The number of para-hydroxylation sites is 2. The topological polar surface area (TPSA) is 182 Å². The molecule has 49 heavy (non-hydrogen) atoms. The Bertz CT molecular complexity index is 1760. The van der Waals surface area contributed by atoms with Crippen LogP contribution in [0.2, 0.25) is 0 Å². The molecule has 4 rings (SSSR count). The third-order valence-corrected chi connectivity index (χ3v) is 10.8. The number of aryl methyl sites for hydroxylation is 2. The van der Waals surface area contributed by atoms with Crippen LogP contribution in [0.15, 0.2) is 67.4 Å². The highest BCUT2D eigenvalue weighted by molar-refractivity contribution is 7.93. The molecule has 19 heteroatoms. The van der Waals surface area contributed by atoms with E-state index in [9.17, 15) is 16.8 Å². The lowest BCUT2D eigenvalue weighted by atomic mass is 10.3. The van der Waals surface area contributed by atoms with Gasteiger partial charge in [-0.2, -0.15) is 0 Å². The zero-order chi connectivity index (χ0) is 35.6. The second kappa shape index (κ2) is 17.0. The van der Waals surface area contributed by atoms with Crippen molar-refractivity contribution < 1.29 is 54.1 Å². The van der Waals surface area contributed by atoms with E-state index in [4.69, 9.17) is 37.3 Å². The minimum absolute atomic E-state index is 0.0494. The van der Waals surface area contributed by atoms with Crippen LogP contribution in [0.1, 0.15) is 22.6 Å². The SMILES string of the molecule is COCCOCN(c1noc(C)c1C)S(=O)(=O)c1ccccc1OBOc1ccccc1S(=O)(=O)N(COCCOC)c1noc(C)c1C. The molecule has 0 N–H and O–H groups in total. The average molecular weight is 723 g/mol. The summed E-state index contributed by atoms with van der Waals surface area (Å²) >= 11 is 0. The Morgan fingerprint density at radius 1 is 0.633 bits per heavy atom. The Hall–Kier alpha value is -4.14. The van der Waals surface area contributed by atoms with Crippen LogP contribution in [0.3, 0.4) is 0 Å². The molecule has 0 bridgehead atoms. The van der Waals surface area contributed by atoms with Gasteiger partial charge < -0.3 is 37.3 Å². The molecule has 2 aromatic heterocycles. The van der Waals surface area contributed by atoms with Crippen molar-refractivity contribution in [3.63, 3.8) is 0 Å². The molecule has 0 unspecified atom stereocenters. The van der Waals surface area contributed by atoms with Crippen molar-refractivity contribution in [1.82, 2.24) is 10.3 Å². The molecule has 0 saturated carbocycles. The zero-order valence-corrected chi connectivity index (χ0v) is 29.7. The van der Waals surface area contributed by atoms with Crippen molar-refractivity contribution in [2.24, 2.45) is 0 Å². The van der Waals surface area contributed by atoms with Crippen LogP contribution < -0.4 is 17.9 Å². The number of ether oxygens (including phenoxy) is 4. The molecule has 4 aromatic rings. The number of hydrogen-bond donors (Lipinski definition) is 0. The van der Waals surface area contributed by atoms with Gasteiger partial charge in [0.1, 0.15) is 46.3 Å². The van der Waals surface area contributed by atoms with E-state index in [0.717, 1.165) is 8.61 Å². The Balaban J connectivity index is 1.59. The number of anilines is 2. The Morgan fingerprint density at radius 3 is 1.37 bits per heavy atom. The fourth-order valence-corrected chi connectivity index (χ4v) is 7.27. The standard InChI is InChI=1S/C30H39BN4O12S2/c1-21-23(3)46-32-29(21)34(19-42-17-15-40-5)48(36,37)27-13-9-7-11-25(27)44-31-45-26-12-8-10-14-28(26)49(38,39)35(20-43-18-16-41-6)30-22(2)24(4)47-33-30/h7-14,31H,15-20H2,1-6H3. The maximum atomic E-state index is 14.1. The van der Waals surface area contributed by atoms with Crippen LogP contribution in [0.4, 0.5) is 11.6 Å². The molecular formula is C30H39BN4O12S2. The molecule has 0 radical (unpaired) electrons. The molecule has 0 aliphatic carbocycles. The highest BCUT2D eigenvalue weighted by Crippen LogP contribution is 2.34. The van der Waals surface area contributed by atoms with Crippen molar-refractivity contribution in [3.05, 3.63) is 71.2 Å². The van der Waals surface area contributed by atoms with Gasteiger partial charge in [-0.25, -0.2) is 25.4 Å². The lowest BCUT2D eigenvalue weighted by Gasteiger charge is -2.24. The molecule has 2 aromatic carbocycles. The Kier molecular flexibility index (Phi) is 13.1. The zero-order valence-electron chi connectivity index (χ0n) is 28.1. The van der Waals surface area contributed by atoms with Gasteiger partial charge in [-0.15, -0.1) is 0 Å². The smallest absolute Gasteiger partial charge is 0.527 e. The Labute approximate surface area is 286 Å². The summed E-state index contributed by atoms with van der Waals surface area (Å²) in [5, 5.41) is 7.90. The summed E-state index contributed by atoms with van der Waals surface area (Å²) in [5.41, 5.74) is 1.01. The first-order chi connectivity index (χ1) is 23.4. The number of rotatable bonds is 20. The summed E-state index contributed by atoms with van der Waals surface area (Å²) in [4.78, 5) is -0.433. The fraction of sp³-hybridized carbons (Fsp3) is 0.400. The predicted octanol–water partition coefficient (Wildman–Crippen LogP) is 3.25. The van der Waals surface area contributed by atoms with Gasteiger partial charge in [0.15, 0.2) is 11.6 Å². The van der Waals surface area contributed by atoms with Crippen molar-refractivity contribution >= 4 is 39.4 Å². The van der Waals surface area contributed by atoms with E-state index in [-0.39, 0.29) is 72.8 Å². The highest BCUT2D eigenvalue weighted by Gasteiger charge is 2.34. The van der Waals surface area contributed by atoms with Gasteiger partial charge in [0.25, 0.3) is 20.0 Å². The van der Waals surface area contributed by atoms with E-state index < -0.39 is 27.7 Å². The van der Waals surface area contributed by atoms with E-state index in [2.05, 4.69) is 10.3 Å². The molecule has 0 amide bonds. The molecule has 0 spiro atoms. The third-order valence-electron chi connectivity index (χ3n) is 7.28. The number of benzene rings is 2. The van der Waals surface area contributed by atoms with Gasteiger partial charge in [-0.3, -0.25) is 0 Å². The molecule has 0 aliphatic heterocycles. The molecule has 16 nitrogen and oxygen atoms in total. The van der Waals surface area contributed by atoms with Crippen LogP contribution in [0.5, 0.6) is 11.5 Å². The monoisotopic (exact) mass is 722 g/mol. The largest absolute Gasteiger partial charge is 0.576 e. The molecule has 2 heterocycles. The van der Waals surface area contributed by atoms with E-state index in [1.54, 1.807) is 39.8 Å². The quantitative estimate of drug-likeness (QED) is 0.0736. The van der Waals surface area contributed by atoms with E-state index in [1.165, 1.54) is 50.6 Å². The maximum Gasteiger partial charge on any atom is 0.576 e. The third kappa shape index (κ3) is 8.73. The average Bonchev–Trinajstić information content (AvgIpc) is 3.59. The second-order valence-corrected chi connectivity index (χ2v) is 14.1. The summed E-state index contributed by atoms with van der Waals surface area (Å²) in [7, 11) is -6.24. The number of aromatic nitrogens is 2. The Morgan fingerprint density at radius 2 is 1.02 bits per heavy atom. The lowest BCUT2D eigenvalue weighted by Crippen LogP contribution is -2.35. The minimum Gasteiger partial charge on any atom is -0.527 e. The number of methoxy groups -OCH3 is 2. The maximum absolute atomic E-state index is 14.1. The van der Waals surface area contributed by atoms with Crippen LogP contribution >= 0.6 is 0 Å². The first-order valence-electron chi connectivity index (χ1n) is 14.9. The molecule has 0 fully saturated rings. The van der Waals surface area contributed by atoms with Gasteiger partial charge in [-0.1, -0.05) is 34.6 Å². The summed E-state index contributed by atoms with van der Waals surface area (Å²) < 4.78 is 101. The van der Waals surface area contributed by atoms with Gasteiger partial charge in [0.2, 0.25) is 0 Å². The van der Waals surface area contributed by atoms with E-state index in [0.29, 0.717) is 22.6 Å². The van der Waals surface area contributed by atoms with Crippen LogP contribution in [0, 0.1) is 27.7 Å². The summed E-state index contributed by atoms with van der Waals surface area (Å²) in [6.45, 7) is 6.66. The first-order valence-corrected chi connectivity index (χ1v) is 17.8. The number of hydrogen-bond acceptors (Lipinski definition) is 14. The van der Waals surface area contributed by atoms with Crippen molar-refractivity contribution in [1.29, 1.82) is 0 Å². The first kappa shape index (κ1) is 37.7. The van der Waals surface area contributed by atoms with Crippen molar-refractivity contribution in [2.45, 2.75) is 37.5 Å². The van der Waals surface area contributed by atoms with Gasteiger partial charge in [-0.05, 0) is 52.0 Å². The van der Waals surface area contributed by atoms with Crippen LogP contribution in [0.25, 0.3) is 0 Å². The van der Waals surface area contributed by atoms with Gasteiger partial charge in [0.05, 0.1) is 26.4 Å². The van der Waals surface area contributed by atoms with Gasteiger partial charge in [0, 0.05) is 25.3 Å². The normalized spacial score (nSPS) is 11.8. The van der Waals surface area contributed by atoms with Gasteiger partial charge >= 0.3 is 7.69 Å². The summed E-state index contributed by atoms with van der Waals surface area (Å²) in [5.74, 6) is 0.843. The number of sulfonamides is 2. The van der Waals surface area contributed by atoms with Crippen LogP contribution in [-0.2, 0) is 39.0 Å². The molecule has 266 valence electrons. The number of nitrogens with zero attached hydrogens (tertiary/aromatic N) is 4. The minimum atomic E-state index is -4.34. The van der Waals surface area contributed by atoms with Crippen LogP contribution in [-0.4, -0.2) is 88.9 Å². The fourth-order valence-electron chi connectivity index (χ4n) is 4.30.